The molecule has 1 aliphatic rings. The first-order valence-corrected chi connectivity index (χ1v) is 6.35. The van der Waals surface area contributed by atoms with Gasteiger partial charge in [0, 0.05) is 10.9 Å². The van der Waals surface area contributed by atoms with Gasteiger partial charge in [0.1, 0.15) is 10.6 Å². The number of ether oxygens (including phenoxy) is 1. The molecule has 0 aromatic carbocycles. The van der Waals surface area contributed by atoms with Crippen molar-refractivity contribution in [3.05, 3.63) is 22.6 Å². The number of hydrogen-bond donors (Lipinski definition) is 1. The molecule has 0 radical (unpaired) electrons. The number of nitrogen functional groups attached to an aromatic ring is 1. The lowest BCUT2D eigenvalue weighted by Crippen LogP contribution is -2.08. The molecule has 3 nitrogen and oxygen atoms in total. The Kier molecular flexibility index (Phi) is 3.29. The maximum Gasteiger partial charge on any atom is 0.341 e. The molecule has 0 aliphatic heterocycles. The highest BCUT2D eigenvalue weighted by Crippen LogP contribution is 2.36. The molecule has 0 amide bonds. The van der Waals surface area contributed by atoms with Crippen molar-refractivity contribution in [2.45, 2.75) is 26.2 Å². The van der Waals surface area contributed by atoms with Crippen molar-refractivity contribution in [2.75, 3.05) is 12.3 Å². The Morgan fingerprint density at radius 3 is 3.06 bits per heavy atom. The highest BCUT2D eigenvalue weighted by Gasteiger charge is 2.21. The molecule has 1 aliphatic carbocycles. The van der Waals surface area contributed by atoms with E-state index >= 15 is 0 Å². The number of thiophene rings is 1. The fourth-order valence-electron chi connectivity index (χ4n) is 1.94. The SMILES string of the molecule is CCOC(=O)c1c(C2=CCCC2)csc1N. The van der Waals surface area contributed by atoms with Gasteiger partial charge in [-0.15, -0.1) is 11.3 Å². The lowest BCUT2D eigenvalue weighted by molar-refractivity contribution is 0.0528. The van der Waals surface area contributed by atoms with E-state index in [4.69, 9.17) is 10.5 Å². The largest absolute Gasteiger partial charge is 0.462 e. The highest BCUT2D eigenvalue weighted by atomic mass is 32.1. The topological polar surface area (TPSA) is 52.3 Å². The first-order chi connectivity index (χ1) is 7.74. The molecule has 0 spiro atoms. The summed E-state index contributed by atoms with van der Waals surface area (Å²) in [6.07, 6.45) is 5.47. The van der Waals surface area contributed by atoms with Crippen LogP contribution in [-0.2, 0) is 4.74 Å². The van der Waals surface area contributed by atoms with Crippen LogP contribution >= 0.6 is 11.3 Å². The van der Waals surface area contributed by atoms with Gasteiger partial charge in [0.05, 0.1) is 6.61 Å². The minimum absolute atomic E-state index is 0.302. The summed E-state index contributed by atoms with van der Waals surface area (Å²) in [7, 11) is 0. The van der Waals surface area contributed by atoms with Crippen LogP contribution in [0.4, 0.5) is 5.00 Å². The molecule has 0 saturated carbocycles. The van der Waals surface area contributed by atoms with Crippen molar-refractivity contribution in [2.24, 2.45) is 0 Å². The van der Waals surface area contributed by atoms with Gasteiger partial charge in [0.2, 0.25) is 0 Å². The second-order valence-electron chi connectivity index (χ2n) is 3.73. The number of anilines is 1. The molecular weight excluding hydrogens is 222 g/mol. The van der Waals surface area contributed by atoms with Gasteiger partial charge in [0.15, 0.2) is 0 Å². The van der Waals surface area contributed by atoms with Crippen LogP contribution in [0.3, 0.4) is 0 Å². The molecule has 2 rings (SSSR count). The second kappa shape index (κ2) is 4.70. The summed E-state index contributed by atoms with van der Waals surface area (Å²) in [5, 5.41) is 2.51. The predicted molar refractivity (Wildman–Crippen MR) is 66.5 cm³/mol. The van der Waals surface area contributed by atoms with Crippen molar-refractivity contribution in [3.8, 4) is 0 Å². The van der Waals surface area contributed by atoms with Gasteiger partial charge in [-0.2, -0.15) is 0 Å². The van der Waals surface area contributed by atoms with Crippen molar-refractivity contribution >= 4 is 27.9 Å². The minimum atomic E-state index is -0.302. The van der Waals surface area contributed by atoms with Crippen LogP contribution in [-0.4, -0.2) is 12.6 Å². The van der Waals surface area contributed by atoms with Crippen molar-refractivity contribution in [3.63, 3.8) is 0 Å². The Balaban J connectivity index is 2.35. The quantitative estimate of drug-likeness (QED) is 0.822. The van der Waals surface area contributed by atoms with Gasteiger partial charge < -0.3 is 10.5 Å². The van der Waals surface area contributed by atoms with E-state index < -0.39 is 0 Å². The highest BCUT2D eigenvalue weighted by molar-refractivity contribution is 7.14. The van der Waals surface area contributed by atoms with Crippen molar-refractivity contribution in [1.82, 2.24) is 0 Å². The number of rotatable bonds is 3. The second-order valence-corrected chi connectivity index (χ2v) is 4.64. The van der Waals surface area contributed by atoms with Crippen LogP contribution < -0.4 is 5.73 Å². The van der Waals surface area contributed by atoms with E-state index in [2.05, 4.69) is 6.08 Å². The average molecular weight is 237 g/mol. The molecular formula is C12H15NO2S. The third kappa shape index (κ3) is 1.97. The monoisotopic (exact) mass is 237 g/mol. The smallest absolute Gasteiger partial charge is 0.341 e. The predicted octanol–water partition coefficient (Wildman–Crippen LogP) is 3.07. The van der Waals surface area contributed by atoms with E-state index in [0.717, 1.165) is 24.8 Å². The fraction of sp³-hybridized carbons (Fsp3) is 0.417. The van der Waals surface area contributed by atoms with Gasteiger partial charge in [-0.3, -0.25) is 0 Å². The van der Waals surface area contributed by atoms with Gasteiger partial charge in [-0.1, -0.05) is 6.08 Å². The summed E-state index contributed by atoms with van der Waals surface area (Å²) in [6, 6.07) is 0. The van der Waals surface area contributed by atoms with Gasteiger partial charge in [-0.25, -0.2) is 4.79 Å². The summed E-state index contributed by atoms with van der Waals surface area (Å²) in [5.41, 5.74) is 8.59. The van der Waals surface area contributed by atoms with E-state index in [1.165, 1.54) is 16.9 Å². The van der Waals surface area contributed by atoms with Crippen LogP contribution in [0, 0.1) is 0 Å². The lowest BCUT2D eigenvalue weighted by Gasteiger charge is -2.05. The number of nitrogens with two attached hydrogens (primary N) is 1. The number of hydrogen-bond acceptors (Lipinski definition) is 4. The number of carbonyl (C=O) groups is 1. The molecule has 0 atom stereocenters. The third-order valence-corrected chi connectivity index (χ3v) is 3.50. The Labute approximate surface area is 98.9 Å². The molecule has 1 aromatic rings. The Hall–Kier alpha value is -1.29. The van der Waals surface area contributed by atoms with Gasteiger partial charge >= 0.3 is 5.97 Å². The third-order valence-electron chi connectivity index (χ3n) is 2.69. The molecule has 0 bridgehead atoms. The summed E-state index contributed by atoms with van der Waals surface area (Å²) in [4.78, 5) is 11.8. The molecule has 4 heteroatoms. The van der Waals surface area contributed by atoms with Crippen LogP contribution in [0.25, 0.3) is 5.57 Å². The lowest BCUT2D eigenvalue weighted by atomic mass is 10.0. The minimum Gasteiger partial charge on any atom is -0.462 e. The molecule has 16 heavy (non-hydrogen) atoms. The summed E-state index contributed by atoms with van der Waals surface area (Å²) < 4.78 is 5.03. The summed E-state index contributed by atoms with van der Waals surface area (Å²) >= 11 is 1.41. The molecule has 0 fully saturated rings. The maximum absolute atomic E-state index is 11.8. The normalized spacial score (nSPS) is 14.9. The average Bonchev–Trinajstić information content (AvgIpc) is 2.86. The molecule has 2 N–H and O–H groups in total. The van der Waals surface area contributed by atoms with Crippen LogP contribution in [0.2, 0.25) is 0 Å². The number of carbonyl (C=O) groups excluding carboxylic acids is 1. The van der Waals surface area contributed by atoms with E-state index in [0.29, 0.717) is 17.2 Å². The first-order valence-electron chi connectivity index (χ1n) is 5.47. The zero-order chi connectivity index (χ0) is 11.5. The first kappa shape index (κ1) is 11.2. The summed E-state index contributed by atoms with van der Waals surface area (Å²) in [5.74, 6) is -0.302. The molecule has 1 heterocycles. The Morgan fingerprint density at radius 1 is 1.62 bits per heavy atom. The van der Waals surface area contributed by atoms with Gasteiger partial charge in [0.25, 0.3) is 0 Å². The maximum atomic E-state index is 11.8. The molecule has 1 aromatic heterocycles. The molecule has 0 saturated heterocycles. The van der Waals surface area contributed by atoms with Crippen molar-refractivity contribution < 1.29 is 9.53 Å². The molecule has 0 unspecified atom stereocenters. The number of esters is 1. The molecule has 86 valence electrons. The van der Waals surface area contributed by atoms with E-state index in [-0.39, 0.29) is 5.97 Å². The fourth-order valence-corrected chi connectivity index (χ4v) is 2.76. The van der Waals surface area contributed by atoms with E-state index in [1.54, 1.807) is 6.92 Å². The van der Waals surface area contributed by atoms with E-state index in [1.807, 2.05) is 5.38 Å². The van der Waals surface area contributed by atoms with Gasteiger partial charge in [-0.05, 0) is 31.8 Å². The Morgan fingerprint density at radius 2 is 2.44 bits per heavy atom. The van der Waals surface area contributed by atoms with Crippen LogP contribution in [0.1, 0.15) is 42.1 Å². The summed E-state index contributed by atoms with van der Waals surface area (Å²) in [6.45, 7) is 2.18. The zero-order valence-electron chi connectivity index (χ0n) is 9.29. The number of allylic oxidation sites excluding steroid dienone is 2. The Bertz CT molecular complexity index is 434. The van der Waals surface area contributed by atoms with Crippen LogP contribution in [0.5, 0.6) is 0 Å². The zero-order valence-corrected chi connectivity index (χ0v) is 10.1. The van der Waals surface area contributed by atoms with E-state index in [9.17, 15) is 4.79 Å². The standard InChI is InChI=1S/C12H15NO2S/c1-2-15-12(14)10-9(7-16-11(10)13)8-5-3-4-6-8/h5,7H,2-4,6,13H2,1H3. The van der Waals surface area contributed by atoms with Crippen molar-refractivity contribution in [1.29, 1.82) is 0 Å². The van der Waals surface area contributed by atoms with Crippen LogP contribution in [0.15, 0.2) is 11.5 Å².